The van der Waals surface area contributed by atoms with Crippen LogP contribution in [0.4, 0.5) is 5.69 Å². The van der Waals surface area contributed by atoms with Crippen molar-refractivity contribution >= 4 is 5.69 Å². The highest BCUT2D eigenvalue weighted by atomic mass is 16.5. The Morgan fingerprint density at radius 2 is 2.24 bits per heavy atom. The zero-order chi connectivity index (χ0) is 15.1. The van der Waals surface area contributed by atoms with Gasteiger partial charge >= 0.3 is 0 Å². The highest BCUT2D eigenvalue weighted by Crippen LogP contribution is 2.20. The normalized spacial score (nSPS) is 12.3. The van der Waals surface area contributed by atoms with E-state index in [0.29, 0.717) is 13.2 Å². The Kier molecular flexibility index (Phi) is 5.71. The summed E-state index contributed by atoms with van der Waals surface area (Å²) in [6, 6.07) is 4.16. The number of hydrogen-bond acceptors (Lipinski definition) is 5. The van der Waals surface area contributed by atoms with E-state index < -0.39 is 0 Å². The Hall–Kier alpha value is -1.92. The lowest BCUT2D eigenvalue weighted by atomic mass is 10.1. The van der Waals surface area contributed by atoms with Crippen molar-refractivity contribution in [3.63, 3.8) is 0 Å². The van der Waals surface area contributed by atoms with Gasteiger partial charge in [-0.05, 0) is 38.4 Å². The SMILES string of the molecule is COCC(CCCN)Nc1cccnc1-n1ccnc1C. The molecule has 2 aromatic heterocycles. The average Bonchev–Trinajstić information content (AvgIpc) is 2.91. The van der Waals surface area contributed by atoms with Gasteiger partial charge in [0.1, 0.15) is 5.82 Å². The molecule has 0 saturated heterocycles. The third-order valence-corrected chi connectivity index (χ3v) is 3.32. The Labute approximate surface area is 125 Å². The van der Waals surface area contributed by atoms with Crippen molar-refractivity contribution in [1.82, 2.24) is 14.5 Å². The first-order valence-electron chi connectivity index (χ1n) is 7.17. The maximum Gasteiger partial charge on any atom is 0.161 e. The lowest BCUT2D eigenvalue weighted by molar-refractivity contribution is 0.182. The van der Waals surface area contributed by atoms with E-state index in [4.69, 9.17) is 10.5 Å². The topological polar surface area (TPSA) is 78.0 Å². The van der Waals surface area contributed by atoms with E-state index in [1.807, 2.05) is 29.8 Å². The van der Waals surface area contributed by atoms with Gasteiger partial charge in [0.25, 0.3) is 0 Å². The zero-order valence-corrected chi connectivity index (χ0v) is 12.6. The van der Waals surface area contributed by atoms with Crippen LogP contribution in [-0.2, 0) is 4.74 Å². The van der Waals surface area contributed by atoms with Crippen LogP contribution in [-0.4, -0.2) is 40.8 Å². The summed E-state index contributed by atoms with van der Waals surface area (Å²) >= 11 is 0. The highest BCUT2D eigenvalue weighted by molar-refractivity contribution is 5.57. The van der Waals surface area contributed by atoms with Crippen molar-refractivity contribution in [2.45, 2.75) is 25.8 Å². The van der Waals surface area contributed by atoms with Crippen LogP contribution in [0.15, 0.2) is 30.7 Å². The highest BCUT2D eigenvalue weighted by Gasteiger charge is 2.13. The summed E-state index contributed by atoms with van der Waals surface area (Å²) in [5.74, 6) is 1.75. The van der Waals surface area contributed by atoms with Crippen LogP contribution in [0.3, 0.4) is 0 Å². The number of imidazole rings is 1. The van der Waals surface area contributed by atoms with Crippen molar-refractivity contribution in [3.8, 4) is 5.82 Å². The number of hydrogen-bond donors (Lipinski definition) is 2. The molecule has 1 atom stereocenters. The molecule has 0 aliphatic heterocycles. The second kappa shape index (κ2) is 7.75. The third kappa shape index (κ3) is 4.03. The fourth-order valence-electron chi connectivity index (χ4n) is 2.29. The molecule has 2 heterocycles. The van der Waals surface area contributed by atoms with Gasteiger partial charge in [-0.1, -0.05) is 0 Å². The molecule has 0 amide bonds. The summed E-state index contributed by atoms with van der Waals surface area (Å²) in [5, 5.41) is 3.51. The van der Waals surface area contributed by atoms with E-state index in [1.54, 1.807) is 19.5 Å². The van der Waals surface area contributed by atoms with Gasteiger partial charge in [-0.25, -0.2) is 9.97 Å². The van der Waals surface area contributed by atoms with Gasteiger partial charge in [0.15, 0.2) is 5.82 Å². The number of pyridine rings is 1. The number of aryl methyl sites for hydroxylation is 1. The summed E-state index contributed by atoms with van der Waals surface area (Å²) in [5.41, 5.74) is 6.57. The Morgan fingerprint density at radius 1 is 1.38 bits per heavy atom. The first-order valence-corrected chi connectivity index (χ1v) is 7.17. The fourth-order valence-corrected chi connectivity index (χ4v) is 2.29. The van der Waals surface area contributed by atoms with Crippen LogP contribution in [0.2, 0.25) is 0 Å². The predicted octanol–water partition coefficient (Wildman–Crippen LogP) is 1.74. The Bertz CT molecular complexity index is 555. The molecule has 1 unspecified atom stereocenters. The summed E-state index contributed by atoms with van der Waals surface area (Å²) < 4.78 is 7.25. The lowest BCUT2D eigenvalue weighted by Gasteiger charge is -2.21. The van der Waals surface area contributed by atoms with Crippen LogP contribution >= 0.6 is 0 Å². The number of nitrogens with two attached hydrogens (primary N) is 1. The number of rotatable bonds is 8. The maximum atomic E-state index is 5.60. The number of ether oxygens (including phenoxy) is 1. The number of aromatic nitrogens is 3. The lowest BCUT2D eigenvalue weighted by Crippen LogP contribution is -2.26. The minimum Gasteiger partial charge on any atom is -0.383 e. The van der Waals surface area contributed by atoms with Crippen molar-refractivity contribution in [3.05, 3.63) is 36.5 Å². The van der Waals surface area contributed by atoms with Crippen LogP contribution in [0.1, 0.15) is 18.7 Å². The van der Waals surface area contributed by atoms with Crippen molar-refractivity contribution in [2.75, 3.05) is 25.6 Å². The molecule has 0 fully saturated rings. The first-order chi connectivity index (χ1) is 10.3. The van der Waals surface area contributed by atoms with Gasteiger partial charge in [-0.15, -0.1) is 0 Å². The molecule has 0 bridgehead atoms. The Morgan fingerprint density at radius 3 is 2.90 bits per heavy atom. The molecule has 0 aliphatic rings. The summed E-state index contributed by atoms with van der Waals surface area (Å²) in [6.45, 7) is 3.28. The number of nitrogens with one attached hydrogen (secondary N) is 1. The molecule has 6 heteroatoms. The summed E-state index contributed by atoms with van der Waals surface area (Å²) in [7, 11) is 1.71. The zero-order valence-electron chi connectivity index (χ0n) is 12.6. The maximum absolute atomic E-state index is 5.60. The molecule has 0 radical (unpaired) electrons. The smallest absolute Gasteiger partial charge is 0.161 e. The number of methoxy groups -OCH3 is 1. The molecule has 0 spiro atoms. The van der Waals surface area contributed by atoms with Crippen LogP contribution in [0, 0.1) is 6.92 Å². The van der Waals surface area contributed by atoms with Crippen LogP contribution in [0.5, 0.6) is 0 Å². The molecule has 0 aromatic carbocycles. The third-order valence-electron chi connectivity index (χ3n) is 3.32. The monoisotopic (exact) mass is 289 g/mol. The van der Waals surface area contributed by atoms with Crippen molar-refractivity contribution in [1.29, 1.82) is 0 Å². The second-order valence-electron chi connectivity index (χ2n) is 4.95. The standard InChI is InChI=1S/C15H23N5O/c1-12-17-9-10-20(12)15-14(6-4-8-18-15)19-13(11-21-2)5-3-7-16/h4,6,8-10,13,19H,3,5,7,11,16H2,1-2H3. The van der Waals surface area contributed by atoms with Gasteiger partial charge < -0.3 is 15.8 Å². The molecule has 3 N–H and O–H groups in total. The molecular weight excluding hydrogens is 266 g/mol. The molecule has 2 rings (SSSR count). The minimum atomic E-state index is 0.213. The average molecular weight is 289 g/mol. The van der Waals surface area contributed by atoms with Gasteiger partial charge in [0, 0.05) is 31.7 Å². The van der Waals surface area contributed by atoms with Crippen LogP contribution < -0.4 is 11.1 Å². The van der Waals surface area contributed by atoms with Gasteiger partial charge in [0.2, 0.25) is 0 Å². The number of anilines is 1. The van der Waals surface area contributed by atoms with Crippen molar-refractivity contribution < 1.29 is 4.74 Å². The molecule has 2 aromatic rings. The minimum absolute atomic E-state index is 0.213. The van der Waals surface area contributed by atoms with E-state index in [0.717, 1.165) is 30.2 Å². The van der Waals surface area contributed by atoms with Gasteiger partial charge in [-0.2, -0.15) is 0 Å². The Balaban J connectivity index is 2.21. The second-order valence-corrected chi connectivity index (χ2v) is 4.95. The predicted molar refractivity (Wildman–Crippen MR) is 83.7 cm³/mol. The quantitative estimate of drug-likeness (QED) is 0.774. The number of nitrogens with zero attached hydrogens (tertiary/aromatic N) is 3. The largest absolute Gasteiger partial charge is 0.383 e. The van der Waals surface area contributed by atoms with E-state index in [1.165, 1.54) is 0 Å². The van der Waals surface area contributed by atoms with E-state index in [2.05, 4.69) is 15.3 Å². The van der Waals surface area contributed by atoms with Crippen LogP contribution in [0.25, 0.3) is 5.82 Å². The molecule has 0 saturated carbocycles. The summed E-state index contributed by atoms with van der Waals surface area (Å²) in [4.78, 5) is 8.72. The molecule has 114 valence electrons. The van der Waals surface area contributed by atoms with E-state index in [-0.39, 0.29) is 6.04 Å². The fraction of sp³-hybridized carbons (Fsp3) is 0.467. The van der Waals surface area contributed by atoms with Gasteiger partial charge in [0.05, 0.1) is 12.3 Å². The van der Waals surface area contributed by atoms with E-state index in [9.17, 15) is 0 Å². The molecule has 21 heavy (non-hydrogen) atoms. The summed E-state index contributed by atoms with van der Waals surface area (Å²) in [6.07, 6.45) is 7.39. The molecule has 0 aliphatic carbocycles. The van der Waals surface area contributed by atoms with Gasteiger partial charge in [-0.3, -0.25) is 4.57 Å². The molecular formula is C15H23N5O. The van der Waals surface area contributed by atoms with E-state index >= 15 is 0 Å². The molecule has 6 nitrogen and oxygen atoms in total. The van der Waals surface area contributed by atoms with Crippen molar-refractivity contribution in [2.24, 2.45) is 5.73 Å². The first kappa shape index (κ1) is 15.5.